The molecule has 2 aromatic rings. The van der Waals surface area contributed by atoms with E-state index in [2.05, 4.69) is 0 Å². The molecule has 4 nitrogen and oxygen atoms in total. The second-order valence-corrected chi connectivity index (χ2v) is 5.93. The first-order chi connectivity index (χ1) is 10.5. The molecule has 4 heteroatoms. The second kappa shape index (κ2) is 5.14. The number of rotatable bonds is 3. The maximum absolute atomic E-state index is 12.8. The Hall–Kier alpha value is -2.33. The summed E-state index contributed by atoms with van der Waals surface area (Å²) in [5, 5.41) is 10.6. The van der Waals surface area contributed by atoms with Gasteiger partial charge in [-0.2, -0.15) is 0 Å². The van der Waals surface area contributed by atoms with Crippen LogP contribution in [0.3, 0.4) is 0 Å². The highest BCUT2D eigenvalue weighted by Crippen LogP contribution is 2.42. The fourth-order valence-corrected chi connectivity index (χ4v) is 3.00. The van der Waals surface area contributed by atoms with Crippen LogP contribution >= 0.6 is 0 Å². The Morgan fingerprint density at radius 3 is 2.45 bits per heavy atom. The van der Waals surface area contributed by atoms with Crippen molar-refractivity contribution in [3.05, 3.63) is 65.2 Å². The lowest BCUT2D eigenvalue weighted by Gasteiger charge is -2.38. The Morgan fingerprint density at radius 1 is 1.14 bits per heavy atom. The topological polar surface area (TPSA) is 49.8 Å². The highest BCUT2D eigenvalue weighted by Gasteiger charge is 2.44. The van der Waals surface area contributed by atoms with Gasteiger partial charge in [0.2, 0.25) is 0 Å². The number of ether oxygens (including phenoxy) is 1. The predicted octanol–water partition coefficient (Wildman–Crippen LogP) is 3.08. The summed E-state index contributed by atoms with van der Waals surface area (Å²) in [5.41, 5.74) is 1.47. The quantitative estimate of drug-likeness (QED) is 0.947. The highest BCUT2D eigenvalue weighted by atomic mass is 16.5. The Balaban J connectivity index is 2.05. The molecule has 22 heavy (non-hydrogen) atoms. The second-order valence-electron chi connectivity index (χ2n) is 5.93. The number of hydrogen-bond acceptors (Lipinski definition) is 3. The Kier molecular flexibility index (Phi) is 3.41. The van der Waals surface area contributed by atoms with Gasteiger partial charge < -0.3 is 9.84 Å². The molecule has 1 aliphatic heterocycles. The molecule has 0 fully saturated rings. The maximum Gasteiger partial charge on any atom is 0.257 e. The molecule has 0 aromatic heterocycles. The van der Waals surface area contributed by atoms with Gasteiger partial charge in [0.05, 0.1) is 18.2 Å². The van der Waals surface area contributed by atoms with Crippen LogP contribution in [0.1, 0.15) is 41.6 Å². The average Bonchev–Trinajstić information content (AvgIpc) is 2.79. The maximum atomic E-state index is 12.8. The van der Waals surface area contributed by atoms with Crippen LogP contribution in [0, 0.1) is 0 Å². The third-order valence-corrected chi connectivity index (χ3v) is 4.31. The van der Waals surface area contributed by atoms with Crippen LogP contribution in [-0.4, -0.2) is 23.0 Å². The predicted molar refractivity (Wildman–Crippen MR) is 83.6 cm³/mol. The molecule has 2 aromatic carbocycles. The number of fused-ring (bicyclic) bond motifs is 1. The minimum atomic E-state index is -0.955. The summed E-state index contributed by atoms with van der Waals surface area (Å²) < 4.78 is 5.18. The van der Waals surface area contributed by atoms with Gasteiger partial charge in [0.15, 0.2) is 6.23 Å². The standard InChI is InChI=1S/C18H19NO3/c1-18(2,12-7-5-4-6-8-12)19-16(20)14-10-9-13(22-3)11-15(14)17(19)21/h4-11,16,20H,1-3H3. The highest BCUT2D eigenvalue weighted by molar-refractivity contribution is 5.99. The molecule has 0 aliphatic carbocycles. The van der Waals surface area contributed by atoms with Crippen molar-refractivity contribution in [2.45, 2.75) is 25.6 Å². The van der Waals surface area contributed by atoms with Crippen LogP contribution in [0.4, 0.5) is 0 Å². The first-order valence-electron chi connectivity index (χ1n) is 7.22. The molecule has 3 rings (SSSR count). The number of methoxy groups -OCH3 is 1. The van der Waals surface area contributed by atoms with Crippen molar-refractivity contribution in [1.29, 1.82) is 0 Å². The van der Waals surface area contributed by atoms with Crippen molar-refractivity contribution in [1.82, 2.24) is 4.90 Å². The minimum absolute atomic E-state index is 0.185. The molecule has 1 heterocycles. The third-order valence-electron chi connectivity index (χ3n) is 4.31. The molecule has 0 bridgehead atoms. The van der Waals surface area contributed by atoms with E-state index >= 15 is 0 Å². The van der Waals surface area contributed by atoms with Crippen molar-refractivity contribution in [2.75, 3.05) is 7.11 Å². The summed E-state index contributed by atoms with van der Waals surface area (Å²) in [6.07, 6.45) is -0.955. The van der Waals surface area contributed by atoms with Crippen LogP contribution in [0.15, 0.2) is 48.5 Å². The van der Waals surface area contributed by atoms with E-state index < -0.39 is 11.8 Å². The van der Waals surface area contributed by atoms with Gasteiger partial charge in [0.25, 0.3) is 5.91 Å². The van der Waals surface area contributed by atoms with E-state index in [-0.39, 0.29) is 5.91 Å². The lowest BCUT2D eigenvalue weighted by molar-refractivity contribution is -0.0305. The van der Waals surface area contributed by atoms with Gasteiger partial charge in [-0.25, -0.2) is 0 Å². The number of nitrogens with zero attached hydrogens (tertiary/aromatic N) is 1. The normalized spacial score (nSPS) is 17.5. The Labute approximate surface area is 130 Å². The minimum Gasteiger partial charge on any atom is -0.497 e. The molecule has 0 saturated heterocycles. The first-order valence-corrected chi connectivity index (χ1v) is 7.22. The number of aliphatic hydroxyl groups excluding tert-OH is 1. The summed E-state index contributed by atoms with van der Waals surface area (Å²) in [4.78, 5) is 14.3. The number of amides is 1. The summed E-state index contributed by atoms with van der Waals surface area (Å²) in [6.45, 7) is 3.87. The Bertz CT molecular complexity index is 710. The van der Waals surface area contributed by atoms with Crippen molar-refractivity contribution in [3.8, 4) is 5.75 Å². The first kappa shape index (κ1) is 14.6. The molecule has 1 unspecified atom stereocenters. The molecule has 1 aliphatic rings. The largest absolute Gasteiger partial charge is 0.497 e. The van der Waals surface area contributed by atoms with Gasteiger partial charge in [-0.1, -0.05) is 36.4 Å². The number of carbonyl (C=O) groups excluding carboxylic acids is 1. The van der Waals surface area contributed by atoms with Crippen LogP contribution in [0.25, 0.3) is 0 Å². The molecular weight excluding hydrogens is 278 g/mol. The Morgan fingerprint density at radius 2 is 1.82 bits per heavy atom. The van der Waals surface area contributed by atoms with Gasteiger partial charge >= 0.3 is 0 Å². The van der Waals surface area contributed by atoms with Gasteiger partial charge in [-0.3, -0.25) is 9.69 Å². The summed E-state index contributed by atoms with van der Waals surface area (Å²) >= 11 is 0. The van der Waals surface area contributed by atoms with Crippen LogP contribution in [-0.2, 0) is 5.54 Å². The van der Waals surface area contributed by atoms with Crippen LogP contribution in [0.5, 0.6) is 5.75 Å². The zero-order valence-electron chi connectivity index (χ0n) is 12.9. The SMILES string of the molecule is COc1ccc2c(c1)C(=O)N(C(C)(C)c1ccccc1)C2O. The van der Waals surface area contributed by atoms with Crippen LogP contribution in [0.2, 0.25) is 0 Å². The molecule has 1 atom stereocenters. The lowest BCUT2D eigenvalue weighted by Crippen LogP contribution is -2.44. The van der Waals surface area contributed by atoms with Crippen molar-refractivity contribution >= 4 is 5.91 Å². The molecule has 0 spiro atoms. The number of aliphatic hydroxyl groups is 1. The van der Waals surface area contributed by atoms with E-state index in [4.69, 9.17) is 4.74 Å². The fourth-order valence-electron chi connectivity index (χ4n) is 3.00. The molecule has 114 valence electrons. The molecule has 1 N–H and O–H groups in total. The van der Waals surface area contributed by atoms with E-state index in [1.165, 1.54) is 4.90 Å². The van der Waals surface area contributed by atoms with Gasteiger partial charge in [0, 0.05) is 5.56 Å². The summed E-state index contributed by atoms with van der Waals surface area (Å²) in [6, 6.07) is 14.9. The molecule has 0 saturated carbocycles. The van der Waals surface area contributed by atoms with E-state index in [1.807, 2.05) is 44.2 Å². The van der Waals surface area contributed by atoms with E-state index in [1.54, 1.807) is 25.3 Å². The third kappa shape index (κ3) is 2.07. The van der Waals surface area contributed by atoms with E-state index in [0.717, 1.165) is 5.56 Å². The van der Waals surface area contributed by atoms with Crippen molar-refractivity contribution in [3.63, 3.8) is 0 Å². The molecule has 0 radical (unpaired) electrons. The fraction of sp³-hybridized carbons (Fsp3) is 0.278. The van der Waals surface area contributed by atoms with Gasteiger partial charge in [-0.05, 0) is 31.5 Å². The molecular formula is C18H19NO3. The van der Waals surface area contributed by atoms with Gasteiger partial charge in [0.1, 0.15) is 5.75 Å². The number of hydrogen-bond donors (Lipinski definition) is 1. The monoisotopic (exact) mass is 297 g/mol. The van der Waals surface area contributed by atoms with Crippen LogP contribution < -0.4 is 4.74 Å². The summed E-state index contributed by atoms with van der Waals surface area (Å²) in [7, 11) is 1.56. The smallest absolute Gasteiger partial charge is 0.257 e. The lowest BCUT2D eigenvalue weighted by atomic mass is 9.92. The number of carbonyl (C=O) groups is 1. The van der Waals surface area contributed by atoms with Crippen molar-refractivity contribution in [2.24, 2.45) is 0 Å². The zero-order chi connectivity index (χ0) is 15.9. The van der Waals surface area contributed by atoms with Crippen molar-refractivity contribution < 1.29 is 14.6 Å². The average molecular weight is 297 g/mol. The van der Waals surface area contributed by atoms with E-state index in [9.17, 15) is 9.90 Å². The zero-order valence-corrected chi connectivity index (χ0v) is 12.9. The van der Waals surface area contributed by atoms with E-state index in [0.29, 0.717) is 16.9 Å². The number of benzene rings is 2. The summed E-state index contributed by atoms with van der Waals surface area (Å²) in [5.74, 6) is 0.425. The van der Waals surface area contributed by atoms with Gasteiger partial charge in [-0.15, -0.1) is 0 Å². The molecule has 1 amide bonds.